The molecular weight excluding hydrogens is 344 g/mol. The van der Waals surface area contributed by atoms with Gasteiger partial charge in [-0.3, -0.25) is 9.09 Å². The molecule has 8 nitrogen and oxygen atoms in total. The summed E-state index contributed by atoms with van der Waals surface area (Å²) in [5.41, 5.74) is 0. The summed E-state index contributed by atoms with van der Waals surface area (Å²) in [6.07, 6.45) is 1.60. The predicted octanol–water partition coefficient (Wildman–Crippen LogP) is -2.13. The zero-order chi connectivity index (χ0) is 15.8. The highest BCUT2D eigenvalue weighted by atomic mass is 35.5. The van der Waals surface area contributed by atoms with Gasteiger partial charge in [0.2, 0.25) is 0 Å². The summed E-state index contributed by atoms with van der Waals surface area (Å²) in [4.78, 5) is 36.0. The number of halogens is 1. The standard InChI is InChI=1S/C10H23NO7P2.ClH/c1-8-4-5-9(11(2,3)7-8)6-10(19(12,13)14)18-20(15,16)17;/h8-10H,4-7H2,1-3H3,(H3-,12,13,14,15,16,17);1H. The molecule has 0 radical (unpaired) electrons. The van der Waals surface area contributed by atoms with Crippen LogP contribution in [0.4, 0.5) is 0 Å². The van der Waals surface area contributed by atoms with Gasteiger partial charge in [-0.2, -0.15) is 0 Å². The van der Waals surface area contributed by atoms with Gasteiger partial charge in [0.05, 0.1) is 26.7 Å². The highest BCUT2D eigenvalue weighted by molar-refractivity contribution is 7.53. The van der Waals surface area contributed by atoms with Gasteiger partial charge in [0.15, 0.2) is 5.85 Å². The van der Waals surface area contributed by atoms with Crippen LogP contribution in [0.2, 0.25) is 0 Å². The van der Waals surface area contributed by atoms with E-state index >= 15 is 0 Å². The van der Waals surface area contributed by atoms with E-state index < -0.39 is 21.3 Å². The second-order valence-electron chi connectivity index (χ2n) is 6.17. The van der Waals surface area contributed by atoms with Crippen molar-refractivity contribution in [1.82, 2.24) is 0 Å². The lowest BCUT2D eigenvalue weighted by atomic mass is 9.91. The van der Waals surface area contributed by atoms with E-state index in [1.165, 1.54) is 0 Å². The van der Waals surface area contributed by atoms with Crippen LogP contribution in [0.25, 0.3) is 0 Å². The van der Waals surface area contributed by atoms with Crippen molar-refractivity contribution in [3.63, 3.8) is 0 Å². The van der Waals surface area contributed by atoms with Crippen molar-refractivity contribution in [2.75, 3.05) is 20.6 Å². The third-order valence-corrected chi connectivity index (χ3v) is 5.63. The lowest BCUT2D eigenvalue weighted by Crippen LogP contribution is -3.00. The molecule has 0 aromatic rings. The Morgan fingerprint density at radius 1 is 1.19 bits per heavy atom. The summed E-state index contributed by atoms with van der Waals surface area (Å²) in [5, 5.41) is 0. The molecule has 1 rings (SSSR count). The first-order chi connectivity index (χ1) is 8.81. The molecule has 11 heteroatoms. The fourth-order valence-electron chi connectivity index (χ4n) is 2.91. The topological polar surface area (TPSA) is 124 Å². The number of phosphoric acid groups is 1. The van der Waals surface area contributed by atoms with Gasteiger partial charge in [0, 0.05) is 18.8 Å². The van der Waals surface area contributed by atoms with Crippen molar-refractivity contribution in [3.8, 4) is 0 Å². The van der Waals surface area contributed by atoms with E-state index in [0.29, 0.717) is 10.4 Å². The number of hydrogen-bond acceptors (Lipinski definition) is 3. The first kappa shape index (κ1) is 21.5. The Morgan fingerprint density at radius 3 is 2.10 bits per heavy atom. The fourth-order valence-corrected chi connectivity index (χ4v) is 4.69. The molecule has 1 saturated heterocycles. The van der Waals surface area contributed by atoms with E-state index in [2.05, 4.69) is 11.4 Å². The monoisotopic (exact) mass is 367 g/mol. The maximum atomic E-state index is 11.4. The van der Waals surface area contributed by atoms with Crippen molar-refractivity contribution in [2.24, 2.45) is 5.92 Å². The van der Waals surface area contributed by atoms with Gasteiger partial charge in [-0.15, -0.1) is 0 Å². The third-order valence-electron chi connectivity index (χ3n) is 3.87. The quantitative estimate of drug-likeness (QED) is 0.323. The van der Waals surface area contributed by atoms with E-state index in [-0.39, 0.29) is 24.9 Å². The predicted molar refractivity (Wildman–Crippen MR) is 72.7 cm³/mol. The number of hydrogen-bond donors (Lipinski definition) is 4. The minimum atomic E-state index is -4.94. The minimum absolute atomic E-state index is 0. The molecule has 0 aromatic heterocycles. The maximum absolute atomic E-state index is 11.4. The molecule has 4 N–H and O–H groups in total. The molecule has 1 heterocycles. The molecule has 1 fully saturated rings. The van der Waals surface area contributed by atoms with Gasteiger partial charge in [-0.05, 0) is 6.42 Å². The SMILES string of the molecule is CC1CCC(CC(OP(=O)(O)O)P(=O)(O)O)[N+](C)(C)C1.[Cl-]. The van der Waals surface area contributed by atoms with Gasteiger partial charge in [-0.1, -0.05) is 6.92 Å². The van der Waals surface area contributed by atoms with Gasteiger partial charge < -0.3 is 36.5 Å². The Kier molecular flexibility index (Phi) is 7.57. The molecule has 21 heavy (non-hydrogen) atoms. The lowest BCUT2D eigenvalue weighted by Gasteiger charge is -2.45. The van der Waals surface area contributed by atoms with Crippen LogP contribution in [0.3, 0.4) is 0 Å². The Bertz CT molecular complexity index is 435. The van der Waals surface area contributed by atoms with Crippen molar-refractivity contribution in [1.29, 1.82) is 0 Å². The number of rotatable bonds is 5. The molecule has 0 aromatic carbocycles. The van der Waals surface area contributed by atoms with Crippen LogP contribution in [0, 0.1) is 5.92 Å². The smallest absolute Gasteiger partial charge is 0.470 e. The second kappa shape index (κ2) is 7.39. The van der Waals surface area contributed by atoms with Gasteiger partial charge in [0.1, 0.15) is 0 Å². The molecule has 1 aliphatic heterocycles. The Labute approximate surface area is 130 Å². The van der Waals surface area contributed by atoms with E-state index in [1.54, 1.807) is 0 Å². The minimum Gasteiger partial charge on any atom is -1.00 e. The zero-order valence-electron chi connectivity index (χ0n) is 12.3. The average molecular weight is 368 g/mol. The summed E-state index contributed by atoms with van der Waals surface area (Å²) in [7, 11) is -5.77. The number of piperidine rings is 1. The number of likely N-dealkylation sites (tertiary alicyclic amines) is 1. The Hall–Kier alpha value is 0.510. The molecule has 1 aliphatic rings. The summed E-state index contributed by atoms with van der Waals surface area (Å²) >= 11 is 0. The number of nitrogens with zero attached hydrogens (tertiary/aromatic N) is 1. The average Bonchev–Trinajstić information content (AvgIpc) is 2.16. The molecule has 0 saturated carbocycles. The highest BCUT2D eigenvalue weighted by Crippen LogP contribution is 2.52. The van der Waals surface area contributed by atoms with E-state index in [1.807, 2.05) is 14.1 Å². The van der Waals surface area contributed by atoms with Crippen molar-refractivity contribution in [2.45, 2.75) is 38.1 Å². The van der Waals surface area contributed by atoms with Crippen LogP contribution in [-0.2, 0) is 13.7 Å². The van der Waals surface area contributed by atoms with Crippen LogP contribution in [0.5, 0.6) is 0 Å². The van der Waals surface area contributed by atoms with Gasteiger partial charge >= 0.3 is 15.4 Å². The van der Waals surface area contributed by atoms with Crippen LogP contribution in [-0.4, -0.2) is 56.6 Å². The Morgan fingerprint density at radius 2 is 1.71 bits per heavy atom. The maximum Gasteiger partial charge on any atom is 0.470 e. The van der Waals surface area contributed by atoms with Crippen LogP contribution in [0.15, 0.2) is 0 Å². The van der Waals surface area contributed by atoms with Crippen LogP contribution >= 0.6 is 15.4 Å². The van der Waals surface area contributed by atoms with Gasteiger partial charge in [-0.25, -0.2) is 4.57 Å². The van der Waals surface area contributed by atoms with E-state index in [4.69, 9.17) is 9.79 Å². The largest absolute Gasteiger partial charge is 1.00 e. The fraction of sp³-hybridized carbons (Fsp3) is 1.00. The molecule has 0 spiro atoms. The first-order valence-corrected chi connectivity index (χ1v) is 9.64. The van der Waals surface area contributed by atoms with Crippen molar-refractivity contribution >= 4 is 15.4 Å². The van der Waals surface area contributed by atoms with E-state index in [0.717, 1.165) is 19.4 Å². The molecule has 0 aliphatic carbocycles. The molecule has 128 valence electrons. The van der Waals surface area contributed by atoms with Crippen molar-refractivity contribution < 1.29 is 50.1 Å². The van der Waals surface area contributed by atoms with Crippen LogP contribution < -0.4 is 12.4 Å². The van der Waals surface area contributed by atoms with Crippen molar-refractivity contribution in [3.05, 3.63) is 0 Å². The van der Waals surface area contributed by atoms with Gasteiger partial charge in [0.25, 0.3) is 0 Å². The number of quaternary nitrogens is 1. The summed E-state index contributed by atoms with van der Waals surface area (Å²) in [6.45, 7) is 2.97. The molecular formula is C10H24ClNO7P2. The molecule has 0 amide bonds. The molecule has 0 bridgehead atoms. The second-order valence-corrected chi connectivity index (χ2v) is 9.12. The number of phosphoric ester groups is 1. The zero-order valence-corrected chi connectivity index (χ0v) is 14.8. The highest BCUT2D eigenvalue weighted by Gasteiger charge is 2.43. The lowest BCUT2D eigenvalue weighted by molar-refractivity contribution is -0.924. The summed E-state index contributed by atoms with van der Waals surface area (Å²) in [5.74, 6) is -1.25. The summed E-state index contributed by atoms with van der Waals surface area (Å²) < 4.78 is 27.1. The van der Waals surface area contributed by atoms with E-state index in [9.17, 15) is 18.9 Å². The normalized spacial score (nSPS) is 27.8. The summed E-state index contributed by atoms with van der Waals surface area (Å²) in [6, 6.07) is -0.102. The molecule has 3 atom stereocenters. The Balaban J connectivity index is 0.00000400. The molecule has 3 unspecified atom stereocenters. The first-order valence-electron chi connectivity index (χ1n) is 6.43. The third kappa shape index (κ3) is 7.08. The van der Waals surface area contributed by atoms with Crippen LogP contribution in [0.1, 0.15) is 26.2 Å².